The number of halogens is 3. The molecule has 100 valence electrons. The topological polar surface area (TPSA) is 36.4 Å². The Labute approximate surface area is 113 Å². The van der Waals surface area contributed by atoms with Gasteiger partial charge in [-0.1, -0.05) is 0 Å². The first-order chi connectivity index (χ1) is 8.19. The van der Waals surface area contributed by atoms with Gasteiger partial charge in [0.15, 0.2) is 0 Å². The van der Waals surface area contributed by atoms with Gasteiger partial charge >= 0.3 is 0 Å². The van der Waals surface area contributed by atoms with Crippen LogP contribution in [-0.2, 0) is 5.60 Å². The highest BCUT2D eigenvalue weighted by Crippen LogP contribution is 2.36. The van der Waals surface area contributed by atoms with Crippen molar-refractivity contribution in [3.63, 3.8) is 0 Å². The average molecular weight is 321 g/mol. The predicted molar refractivity (Wildman–Crippen MR) is 69.0 cm³/mol. The van der Waals surface area contributed by atoms with Gasteiger partial charge in [-0.05, 0) is 41.9 Å². The lowest BCUT2D eigenvalue weighted by Gasteiger charge is -2.26. The Morgan fingerprint density at radius 1 is 1.44 bits per heavy atom. The van der Waals surface area contributed by atoms with Gasteiger partial charge in [-0.3, -0.25) is 0 Å². The Balaban J connectivity index is 2.40. The molecular weight excluding hydrogens is 306 g/mol. The molecule has 2 rings (SSSR count). The number of alkyl halides is 2. The van der Waals surface area contributed by atoms with Crippen LogP contribution in [0.1, 0.15) is 26.0 Å². The average Bonchev–Trinajstić information content (AvgIpc) is 2.57. The van der Waals surface area contributed by atoms with Crippen molar-refractivity contribution in [2.45, 2.75) is 31.8 Å². The highest BCUT2D eigenvalue weighted by molar-refractivity contribution is 9.10. The van der Waals surface area contributed by atoms with Crippen molar-refractivity contribution in [3.05, 3.63) is 22.4 Å². The maximum atomic E-state index is 13.3. The predicted octanol–water partition coefficient (Wildman–Crippen LogP) is 2.92. The molecule has 0 radical (unpaired) electrons. The first-order valence-corrected chi connectivity index (χ1v) is 6.50. The number of hydrogen-bond donors (Lipinski definition) is 1. The molecule has 1 aliphatic heterocycles. The maximum absolute atomic E-state index is 13.3. The van der Waals surface area contributed by atoms with E-state index in [4.69, 9.17) is 0 Å². The van der Waals surface area contributed by atoms with Crippen LogP contribution in [0.25, 0.3) is 0 Å². The van der Waals surface area contributed by atoms with E-state index in [-0.39, 0.29) is 19.5 Å². The molecule has 0 saturated carbocycles. The zero-order chi connectivity index (χ0) is 13.6. The fraction of sp³-hybridized carbons (Fsp3) is 0.583. The van der Waals surface area contributed by atoms with Gasteiger partial charge in [0.05, 0.1) is 17.9 Å². The number of hydrogen-bond acceptors (Lipinski definition) is 3. The number of aliphatic hydroxyl groups is 1. The summed E-state index contributed by atoms with van der Waals surface area (Å²) in [5.41, 5.74) is -0.186. The van der Waals surface area contributed by atoms with Crippen LogP contribution < -0.4 is 4.90 Å². The third-order valence-corrected chi connectivity index (χ3v) is 3.37. The zero-order valence-corrected chi connectivity index (χ0v) is 11.8. The molecule has 18 heavy (non-hydrogen) atoms. The van der Waals surface area contributed by atoms with Crippen LogP contribution in [0.3, 0.4) is 0 Å². The molecule has 0 atom stereocenters. The Bertz CT molecular complexity index is 460. The van der Waals surface area contributed by atoms with E-state index in [1.807, 2.05) is 0 Å². The minimum absolute atomic E-state index is 0.158. The van der Waals surface area contributed by atoms with Crippen molar-refractivity contribution in [2.75, 3.05) is 18.0 Å². The smallest absolute Gasteiger partial charge is 0.266 e. The van der Waals surface area contributed by atoms with Gasteiger partial charge in [0.2, 0.25) is 0 Å². The van der Waals surface area contributed by atoms with Gasteiger partial charge in [-0.25, -0.2) is 13.8 Å². The van der Waals surface area contributed by atoms with E-state index < -0.39 is 11.5 Å². The van der Waals surface area contributed by atoms with Crippen molar-refractivity contribution in [1.29, 1.82) is 0 Å². The number of aromatic nitrogens is 1. The molecule has 0 unspecified atom stereocenters. The maximum Gasteiger partial charge on any atom is 0.266 e. The van der Waals surface area contributed by atoms with Crippen molar-refractivity contribution < 1.29 is 13.9 Å². The normalized spacial score (nSPS) is 19.3. The Morgan fingerprint density at radius 2 is 2.11 bits per heavy atom. The van der Waals surface area contributed by atoms with E-state index in [9.17, 15) is 13.9 Å². The van der Waals surface area contributed by atoms with E-state index in [0.29, 0.717) is 16.0 Å². The highest BCUT2D eigenvalue weighted by Gasteiger charge is 2.40. The lowest BCUT2D eigenvalue weighted by Crippen LogP contribution is -2.29. The molecule has 0 aromatic carbocycles. The first kappa shape index (κ1) is 13.7. The second kappa shape index (κ2) is 4.42. The van der Waals surface area contributed by atoms with Crippen LogP contribution in [-0.4, -0.2) is 29.1 Å². The second-order valence-electron chi connectivity index (χ2n) is 5.09. The first-order valence-electron chi connectivity index (χ1n) is 5.71. The molecule has 2 heterocycles. The summed E-state index contributed by atoms with van der Waals surface area (Å²) in [7, 11) is 0. The monoisotopic (exact) mass is 320 g/mol. The minimum atomic E-state index is -2.66. The summed E-state index contributed by atoms with van der Waals surface area (Å²) in [4.78, 5) is 5.79. The van der Waals surface area contributed by atoms with E-state index in [1.165, 1.54) is 0 Å². The summed E-state index contributed by atoms with van der Waals surface area (Å²) in [5, 5.41) is 10.1. The van der Waals surface area contributed by atoms with Gasteiger partial charge < -0.3 is 10.0 Å². The number of rotatable bonds is 2. The SMILES string of the molecule is CC(C)(O)c1nc(Br)ccc1N1CCC(F)(F)C1. The van der Waals surface area contributed by atoms with Crippen LogP contribution in [0.4, 0.5) is 14.5 Å². The minimum Gasteiger partial charge on any atom is -0.384 e. The fourth-order valence-electron chi connectivity index (χ4n) is 2.07. The third-order valence-electron chi connectivity index (χ3n) is 2.93. The quantitative estimate of drug-likeness (QED) is 0.851. The number of anilines is 1. The van der Waals surface area contributed by atoms with Crippen LogP contribution in [0.2, 0.25) is 0 Å². The van der Waals surface area contributed by atoms with E-state index >= 15 is 0 Å². The van der Waals surface area contributed by atoms with Gasteiger partial charge in [0.1, 0.15) is 10.2 Å². The molecule has 0 bridgehead atoms. The molecule has 6 heteroatoms. The van der Waals surface area contributed by atoms with Crippen LogP contribution in [0.5, 0.6) is 0 Å². The summed E-state index contributed by atoms with van der Waals surface area (Å²) < 4.78 is 27.1. The third kappa shape index (κ3) is 2.80. The Hall–Kier alpha value is -0.750. The molecule has 3 nitrogen and oxygen atoms in total. The summed E-state index contributed by atoms with van der Waals surface area (Å²) in [6.45, 7) is 3.15. The van der Waals surface area contributed by atoms with Crippen LogP contribution in [0.15, 0.2) is 16.7 Å². The summed E-state index contributed by atoms with van der Waals surface area (Å²) in [6, 6.07) is 3.41. The largest absolute Gasteiger partial charge is 0.384 e. The van der Waals surface area contributed by atoms with E-state index in [2.05, 4.69) is 20.9 Å². The highest BCUT2D eigenvalue weighted by atomic mass is 79.9. The summed E-state index contributed by atoms with van der Waals surface area (Å²) in [5.74, 6) is -2.66. The molecule has 1 aromatic rings. The van der Waals surface area contributed by atoms with Gasteiger partial charge in [-0.15, -0.1) is 0 Å². The van der Waals surface area contributed by atoms with Gasteiger partial charge in [-0.2, -0.15) is 0 Å². The van der Waals surface area contributed by atoms with Crippen LogP contribution >= 0.6 is 15.9 Å². The summed E-state index contributed by atoms with van der Waals surface area (Å²) in [6.07, 6.45) is -0.158. The fourth-order valence-corrected chi connectivity index (χ4v) is 2.38. The lowest BCUT2D eigenvalue weighted by atomic mass is 10.0. The molecule has 0 spiro atoms. The number of nitrogens with zero attached hydrogens (tertiary/aromatic N) is 2. The lowest BCUT2D eigenvalue weighted by molar-refractivity contribution is 0.0255. The zero-order valence-electron chi connectivity index (χ0n) is 10.3. The molecule has 0 amide bonds. The van der Waals surface area contributed by atoms with Crippen molar-refractivity contribution >= 4 is 21.6 Å². The van der Waals surface area contributed by atoms with Crippen molar-refractivity contribution in [2.24, 2.45) is 0 Å². The Kier molecular flexibility index (Phi) is 3.36. The van der Waals surface area contributed by atoms with Gasteiger partial charge in [0, 0.05) is 13.0 Å². The molecule has 1 fully saturated rings. The van der Waals surface area contributed by atoms with Crippen LogP contribution in [0, 0.1) is 0 Å². The van der Waals surface area contributed by atoms with Gasteiger partial charge in [0.25, 0.3) is 5.92 Å². The Morgan fingerprint density at radius 3 is 2.61 bits per heavy atom. The molecule has 1 N–H and O–H groups in total. The molecule has 0 aliphatic carbocycles. The van der Waals surface area contributed by atoms with Crippen molar-refractivity contribution in [3.8, 4) is 0 Å². The number of pyridine rings is 1. The van der Waals surface area contributed by atoms with Crippen molar-refractivity contribution in [1.82, 2.24) is 4.98 Å². The molecular formula is C12H15BrF2N2O. The molecule has 1 aliphatic rings. The molecule has 1 aromatic heterocycles. The summed E-state index contributed by atoms with van der Waals surface area (Å²) >= 11 is 3.23. The molecule has 1 saturated heterocycles. The van der Waals surface area contributed by atoms with E-state index in [0.717, 1.165) is 0 Å². The van der Waals surface area contributed by atoms with E-state index in [1.54, 1.807) is 30.9 Å². The second-order valence-corrected chi connectivity index (χ2v) is 5.90. The standard InChI is InChI=1S/C12H15BrF2N2O/c1-11(2,18)10-8(3-4-9(13)16-10)17-6-5-12(14,15)7-17/h3-4,18H,5-7H2,1-2H3.